The number of benzene rings is 1. The van der Waals surface area contributed by atoms with Crippen LogP contribution in [0.3, 0.4) is 0 Å². The minimum Gasteiger partial charge on any atom is -0.487 e. The van der Waals surface area contributed by atoms with Gasteiger partial charge in [-0.3, -0.25) is 10.1 Å². The number of hydrogen-bond acceptors (Lipinski definition) is 5. The third-order valence-electron chi connectivity index (χ3n) is 2.66. The first-order valence-corrected chi connectivity index (χ1v) is 7.48. The molecule has 110 valence electrons. The molecule has 1 heterocycles. The SMILES string of the molecule is CNc1cc(COc2c(Br)cc([N+](=O)[O-])cc2Br)ccn1. The summed E-state index contributed by atoms with van der Waals surface area (Å²) in [5.41, 5.74) is 0.925. The molecule has 1 aromatic heterocycles. The van der Waals surface area contributed by atoms with E-state index in [4.69, 9.17) is 4.74 Å². The summed E-state index contributed by atoms with van der Waals surface area (Å²) in [5, 5.41) is 13.7. The highest BCUT2D eigenvalue weighted by Gasteiger charge is 2.15. The maximum atomic E-state index is 10.8. The molecule has 0 atom stereocenters. The Kier molecular flexibility index (Phi) is 5.13. The van der Waals surface area contributed by atoms with Gasteiger partial charge in [-0.25, -0.2) is 4.98 Å². The smallest absolute Gasteiger partial charge is 0.271 e. The van der Waals surface area contributed by atoms with Gasteiger partial charge in [0, 0.05) is 25.4 Å². The Labute approximate surface area is 137 Å². The molecule has 2 rings (SSSR count). The van der Waals surface area contributed by atoms with Gasteiger partial charge in [0.2, 0.25) is 0 Å². The van der Waals surface area contributed by atoms with Crippen molar-refractivity contribution >= 4 is 43.4 Å². The van der Waals surface area contributed by atoms with Gasteiger partial charge in [-0.05, 0) is 49.6 Å². The zero-order valence-electron chi connectivity index (χ0n) is 11.0. The van der Waals surface area contributed by atoms with Crippen molar-refractivity contribution in [2.75, 3.05) is 12.4 Å². The summed E-state index contributed by atoms with van der Waals surface area (Å²) < 4.78 is 6.76. The van der Waals surface area contributed by atoms with Crippen LogP contribution in [-0.4, -0.2) is 17.0 Å². The van der Waals surface area contributed by atoms with Crippen molar-refractivity contribution in [1.82, 2.24) is 4.98 Å². The van der Waals surface area contributed by atoms with Crippen LogP contribution >= 0.6 is 31.9 Å². The number of pyridine rings is 1. The summed E-state index contributed by atoms with van der Waals surface area (Å²) in [6.07, 6.45) is 1.68. The minimum atomic E-state index is -0.457. The van der Waals surface area contributed by atoms with Gasteiger partial charge in [0.05, 0.1) is 13.9 Å². The van der Waals surface area contributed by atoms with Gasteiger partial charge >= 0.3 is 0 Å². The van der Waals surface area contributed by atoms with Crippen molar-refractivity contribution in [3.05, 3.63) is 55.1 Å². The molecule has 0 radical (unpaired) electrons. The number of nitrogens with one attached hydrogen (secondary N) is 1. The first kappa shape index (κ1) is 15.7. The van der Waals surface area contributed by atoms with Crippen LogP contribution in [0.4, 0.5) is 11.5 Å². The van der Waals surface area contributed by atoms with Crippen LogP contribution in [0.5, 0.6) is 5.75 Å². The second-order valence-electron chi connectivity index (χ2n) is 4.08. The third-order valence-corrected chi connectivity index (χ3v) is 3.84. The van der Waals surface area contributed by atoms with E-state index >= 15 is 0 Å². The van der Waals surface area contributed by atoms with Crippen molar-refractivity contribution in [3.8, 4) is 5.75 Å². The number of nitrogens with zero attached hydrogens (tertiary/aromatic N) is 2. The van der Waals surface area contributed by atoms with Gasteiger partial charge in [0.1, 0.15) is 18.2 Å². The zero-order valence-corrected chi connectivity index (χ0v) is 14.1. The highest BCUT2D eigenvalue weighted by molar-refractivity contribution is 9.11. The molecule has 0 amide bonds. The Hall–Kier alpha value is -1.67. The van der Waals surface area contributed by atoms with E-state index < -0.39 is 4.92 Å². The Bertz CT molecular complexity index is 656. The van der Waals surface area contributed by atoms with Crippen molar-refractivity contribution in [2.45, 2.75) is 6.61 Å². The molecule has 0 bridgehead atoms. The molecule has 0 unspecified atom stereocenters. The Morgan fingerprint density at radius 1 is 1.33 bits per heavy atom. The molecule has 21 heavy (non-hydrogen) atoms. The summed E-state index contributed by atoms with van der Waals surface area (Å²) in [5.74, 6) is 1.27. The van der Waals surface area contributed by atoms with Crippen LogP contribution in [-0.2, 0) is 6.61 Å². The van der Waals surface area contributed by atoms with E-state index in [0.29, 0.717) is 21.3 Å². The van der Waals surface area contributed by atoms with E-state index in [2.05, 4.69) is 42.2 Å². The number of nitro benzene ring substituents is 1. The van der Waals surface area contributed by atoms with E-state index in [1.807, 2.05) is 12.1 Å². The summed E-state index contributed by atoms with van der Waals surface area (Å²) in [6.45, 7) is 0.326. The van der Waals surface area contributed by atoms with Gasteiger partial charge in [-0.2, -0.15) is 0 Å². The largest absolute Gasteiger partial charge is 0.487 e. The predicted molar refractivity (Wildman–Crippen MR) is 86.6 cm³/mol. The number of non-ortho nitro benzene ring substituents is 1. The van der Waals surface area contributed by atoms with Crippen molar-refractivity contribution in [2.24, 2.45) is 0 Å². The molecule has 6 nitrogen and oxygen atoms in total. The fraction of sp³-hybridized carbons (Fsp3) is 0.154. The maximum absolute atomic E-state index is 10.8. The van der Waals surface area contributed by atoms with E-state index in [9.17, 15) is 10.1 Å². The van der Waals surface area contributed by atoms with Crippen LogP contribution in [0, 0.1) is 10.1 Å². The summed E-state index contributed by atoms with van der Waals surface area (Å²) in [7, 11) is 1.79. The zero-order chi connectivity index (χ0) is 15.4. The second-order valence-corrected chi connectivity index (χ2v) is 5.79. The minimum absolute atomic E-state index is 0.0116. The number of anilines is 1. The maximum Gasteiger partial charge on any atom is 0.271 e. The predicted octanol–water partition coefficient (Wildman–Crippen LogP) is 4.14. The fourth-order valence-corrected chi connectivity index (χ4v) is 3.04. The molecule has 0 aliphatic rings. The quantitative estimate of drug-likeness (QED) is 0.585. The lowest BCUT2D eigenvalue weighted by Crippen LogP contribution is -2.00. The van der Waals surface area contributed by atoms with E-state index in [0.717, 1.165) is 11.4 Å². The molecular weight excluding hydrogens is 406 g/mol. The topological polar surface area (TPSA) is 77.3 Å². The third kappa shape index (κ3) is 3.92. The van der Waals surface area contributed by atoms with Crippen LogP contribution in [0.2, 0.25) is 0 Å². The molecular formula is C13H11Br2N3O3. The molecule has 0 aliphatic carbocycles. The molecule has 0 fully saturated rings. The number of rotatable bonds is 5. The molecule has 1 aromatic carbocycles. The molecule has 0 saturated carbocycles. The summed E-state index contributed by atoms with van der Waals surface area (Å²) in [4.78, 5) is 14.4. The van der Waals surface area contributed by atoms with Crippen LogP contribution in [0.1, 0.15) is 5.56 Å². The highest BCUT2D eigenvalue weighted by atomic mass is 79.9. The average Bonchev–Trinajstić information content (AvgIpc) is 2.46. The van der Waals surface area contributed by atoms with Crippen LogP contribution in [0.15, 0.2) is 39.4 Å². The standard InChI is InChI=1S/C13H11Br2N3O3/c1-16-12-4-8(2-3-17-12)7-21-13-10(14)5-9(18(19)20)6-11(13)15/h2-6H,7H2,1H3,(H,16,17). The molecule has 0 saturated heterocycles. The van der Waals surface area contributed by atoms with Gasteiger partial charge in [0.25, 0.3) is 5.69 Å². The van der Waals surface area contributed by atoms with Crippen molar-refractivity contribution in [3.63, 3.8) is 0 Å². The Balaban J connectivity index is 2.18. The number of nitro groups is 1. The van der Waals surface area contributed by atoms with Gasteiger partial charge in [-0.1, -0.05) is 0 Å². The first-order chi connectivity index (χ1) is 10.0. The lowest BCUT2D eigenvalue weighted by Gasteiger charge is -2.11. The molecule has 2 aromatic rings. The number of ether oxygens (including phenoxy) is 1. The number of halogens is 2. The average molecular weight is 417 g/mol. The Morgan fingerprint density at radius 3 is 2.57 bits per heavy atom. The van der Waals surface area contributed by atoms with Crippen molar-refractivity contribution < 1.29 is 9.66 Å². The van der Waals surface area contributed by atoms with Crippen LogP contribution in [0.25, 0.3) is 0 Å². The Morgan fingerprint density at radius 2 is 2.00 bits per heavy atom. The fourth-order valence-electron chi connectivity index (χ4n) is 1.65. The molecule has 8 heteroatoms. The summed E-state index contributed by atoms with van der Waals surface area (Å²) in [6, 6.07) is 6.53. The number of aromatic nitrogens is 1. The highest BCUT2D eigenvalue weighted by Crippen LogP contribution is 2.37. The van der Waals surface area contributed by atoms with Gasteiger partial charge in [-0.15, -0.1) is 0 Å². The van der Waals surface area contributed by atoms with Gasteiger partial charge in [0.15, 0.2) is 0 Å². The van der Waals surface area contributed by atoms with E-state index in [1.54, 1.807) is 13.2 Å². The molecule has 0 spiro atoms. The number of hydrogen-bond donors (Lipinski definition) is 1. The molecule has 1 N–H and O–H groups in total. The second kappa shape index (κ2) is 6.86. The lowest BCUT2D eigenvalue weighted by molar-refractivity contribution is -0.385. The van der Waals surface area contributed by atoms with Crippen molar-refractivity contribution in [1.29, 1.82) is 0 Å². The van der Waals surface area contributed by atoms with Crippen LogP contribution < -0.4 is 10.1 Å². The van der Waals surface area contributed by atoms with Gasteiger partial charge < -0.3 is 10.1 Å². The normalized spacial score (nSPS) is 10.2. The van der Waals surface area contributed by atoms with E-state index in [1.165, 1.54) is 12.1 Å². The lowest BCUT2D eigenvalue weighted by atomic mass is 10.2. The first-order valence-electron chi connectivity index (χ1n) is 5.90. The van der Waals surface area contributed by atoms with E-state index in [-0.39, 0.29) is 5.69 Å². The monoisotopic (exact) mass is 415 g/mol. The summed E-state index contributed by atoms with van der Waals surface area (Å²) >= 11 is 6.57. The molecule has 0 aliphatic heterocycles.